The molecule has 0 unspecified atom stereocenters. The molecule has 1 nitrogen and oxygen atoms in total. The van der Waals surface area contributed by atoms with E-state index in [1.165, 1.54) is 5.57 Å². The molecule has 0 radical (unpaired) electrons. The minimum absolute atomic E-state index is 0.122. The Morgan fingerprint density at radius 3 is 2.67 bits per heavy atom. The van der Waals surface area contributed by atoms with Crippen LogP contribution >= 0.6 is 0 Å². The fourth-order valence-electron chi connectivity index (χ4n) is 2.03. The van der Waals surface area contributed by atoms with Gasteiger partial charge in [0, 0.05) is 0 Å². The van der Waals surface area contributed by atoms with Gasteiger partial charge in [-0.2, -0.15) is 0 Å². The first-order valence-corrected chi connectivity index (χ1v) is 4.80. The van der Waals surface area contributed by atoms with Crippen LogP contribution in [0.1, 0.15) is 40.0 Å². The topological polar surface area (TPSA) is 20.2 Å². The van der Waals surface area contributed by atoms with Crippen LogP contribution in [0.15, 0.2) is 12.2 Å². The summed E-state index contributed by atoms with van der Waals surface area (Å²) in [6.07, 6.45) is 2.82. The molecule has 1 rings (SSSR count). The molecule has 1 aliphatic carbocycles. The van der Waals surface area contributed by atoms with Crippen molar-refractivity contribution >= 4 is 0 Å². The van der Waals surface area contributed by atoms with Gasteiger partial charge in [-0.15, -0.1) is 0 Å². The predicted octanol–water partition coefficient (Wildman–Crippen LogP) is 2.75. The maximum atomic E-state index is 9.67. The van der Waals surface area contributed by atoms with Crippen molar-refractivity contribution in [1.29, 1.82) is 0 Å². The maximum Gasteiger partial charge on any atom is 0.0569 e. The molecule has 0 aromatic heterocycles. The Morgan fingerprint density at radius 1 is 1.50 bits per heavy atom. The Bertz CT molecular complexity index is 181. The first-order valence-electron chi connectivity index (χ1n) is 4.80. The summed E-state index contributed by atoms with van der Waals surface area (Å²) in [5.41, 5.74) is 1.52. The van der Waals surface area contributed by atoms with Crippen LogP contribution in [0.4, 0.5) is 0 Å². The number of aliphatic hydroxyl groups excluding tert-OH is 1. The molecule has 0 spiro atoms. The van der Waals surface area contributed by atoms with Gasteiger partial charge in [-0.25, -0.2) is 0 Å². The Morgan fingerprint density at radius 2 is 2.08 bits per heavy atom. The summed E-state index contributed by atoms with van der Waals surface area (Å²) < 4.78 is 0. The maximum absolute atomic E-state index is 9.67. The second-order valence-corrected chi connectivity index (χ2v) is 4.77. The largest absolute Gasteiger partial charge is 0.393 e. The van der Waals surface area contributed by atoms with Crippen LogP contribution in [0, 0.1) is 11.3 Å². The second-order valence-electron chi connectivity index (χ2n) is 4.77. The number of hydrogen-bond donors (Lipinski definition) is 1. The molecule has 0 aromatic rings. The normalized spacial score (nSPS) is 36.2. The minimum Gasteiger partial charge on any atom is -0.393 e. The predicted molar refractivity (Wildman–Crippen MR) is 51.9 cm³/mol. The number of allylic oxidation sites excluding steroid dienone is 1. The van der Waals surface area contributed by atoms with Crippen molar-refractivity contribution in [2.45, 2.75) is 46.1 Å². The lowest BCUT2D eigenvalue weighted by Crippen LogP contribution is -2.20. The zero-order valence-electron chi connectivity index (χ0n) is 8.43. The van der Waals surface area contributed by atoms with Crippen molar-refractivity contribution in [2.75, 3.05) is 0 Å². The molecule has 0 saturated heterocycles. The highest BCUT2D eigenvalue weighted by Crippen LogP contribution is 2.39. The zero-order valence-corrected chi connectivity index (χ0v) is 8.43. The van der Waals surface area contributed by atoms with Gasteiger partial charge in [0.2, 0.25) is 0 Å². The van der Waals surface area contributed by atoms with Crippen LogP contribution in [0.2, 0.25) is 0 Å². The van der Waals surface area contributed by atoms with Crippen LogP contribution in [0.5, 0.6) is 0 Å². The molecule has 70 valence electrons. The molecule has 2 atom stereocenters. The van der Waals surface area contributed by atoms with Gasteiger partial charge >= 0.3 is 0 Å². The second kappa shape index (κ2) is 3.21. The highest BCUT2D eigenvalue weighted by Gasteiger charge is 2.30. The van der Waals surface area contributed by atoms with Gasteiger partial charge < -0.3 is 5.11 Å². The van der Waals surface area contributed by atoms with Gasteiger partial charge in [-0.1, -0.05) is 32.9 Å². The average Bonchev–Trinajstić information content (AvgIpc) is 2.03. The van der Waals surface area contributed by atoms with Gasteiger partial charge in [-0.05, 0) is 30.6 Å². The molecule has 1 N–H and O–H groups in total. The van der Waals surface area contributed by atoms with Gasteiger partial charge in [0.25, 0.3) is 0 Å². The van der Waals surface area contributed by atoms with Gasteiger partial charge in [0.15, 0.2) is 0 Å². The van der Waals surface area contributed by atoms with Crippen molar-refractivity contribution in [3.8, 4) is 0 Å². The Hall–Kier alpha value is -0.300. The Kier molecular flexibility index (Phi) is 2.62. The third-order valence-electron chi connectivity index (χ3n) is 3.19. The summed E-state index contributed by atoms with van der Waals surface area (Å²) >= 11 is 0. The lowest BCUT2D eigenvalue weighted by molar-refractivity contribution is 0.100. The van der Waals surface area contributed by atoms with Crippen molar-refractivity contribution in [3.63, 3.8) is 0 Å². The molecule has 0 bridgehead atoms. The van der Waals surface area contributed by atoms with E-state index < -0.39 is 0 Å². The van der Waals surface area contributed by atoms with E-state index in [4.69, 9.17) is 0 Å². The molecular formula is C11H20O. The summed E-state index contributed by atoms with van der Waals surface area (Å²) in [7, 11) is 0. The third kappa shape index (κ3) is 1.89. The summed E-state index contributed by atoms with van der Waals surface area (Å²) in [5, 5.41) is 9.67. The van der Waals surface area contributed by atoms with Gasteiger partial charge in [-0.3, -0.25) is 0 Å². The van der Waals surface area contributed by atoms with E-state index >= 15 is 0 Å². The zero-order chi connectivity index (χ0) is 9.35. The Balaban J connectivity index is 2.75. The molecular weight excluding hydrogens is 148 g/mol. The molecule has 1 fully saturated rings. The fraction of sp³-hybridized carbons (Fsp3) is 0.818. The summed E-state index contributed by atoms with van der Waals surface area (Å²) in [5.74, 6) is 0.416. The van der Waals surface area contributed by atoms with Crippen LogP contribution in [-0.2, 0) is 0 Å². The standard InChI is InChI=1S/C11H20O/c1-8-7-11(3,4)9(2)5-6-10(8)12/h8,10,12H,2,5-7H2,1,3-4H3/t8-,10-/m0/s1. The molecule has 1 saturated carbocycles. The van der Waals surface area contributed by atoms with Gasteiger partial charge in [0.05, 0.1) is 6.10 Å². The van der Waals surface area contributed by atoms with E-state index in [1.807, 2.05) is 0 Å². The van der Waals surface area contributed by atoms with E-state index in [9.17, 15) is 5.11 Å². The van der Waals surface area contributed by atoms with Crippen LogP contribution in [0.25, 0.3) is 0 Å². The van der Waals surface area contributed by atoms with Gasteiger partial charge in [0.1, 0.15) is 0 Å². The number of hydrogen-bond acceptors (Lipinski definition) is 1. The van der Waals surface area contributed by atoms with Crippen molar-refractivity contribution in [1.82, 2.24) is 0 Å². The monoisotopic (exact) mass is 168 g/mol. The van der Waals surface area contributed by atoms with Crippen molar-refractivity contribution < 1.29 is 5.11 Å². The molecule has 1 heteroatoms. The smallest absolute Gasteiger partial charge is 0.0569 e. The van der Waals surface area contributed by atoms with E-state index in [0.717, 1.165) is 19.3 Å². The van der Waals surface area contributed by atoms with E-state index in [2.05, 4.69) is 27.4 Å². The highest BCUT2D eigenvalue weighted by atomic mass is 16.3. The lowest BCUT2D eigenvalue weighted by atomic mass is 9.78. The average molecular weight is 168 g/mol. The molecule has 0 aromatic carbocycles. The lowest BCUT2D eigenvalue weighted by Gasteiger charge is -2.27. The molecule has 0 heterocycles. The van der Waals surface area contributed by atoms with E-state index in [1.54, 1.807) is 0 Å². The van der Waals surface area contributed by atoms with Crippen molar-refractivity contribution in [3.05, 3.63) is 12.2 Å². The fourth-order valence-corrected chi connectivity index (χ4v) is 2.03. The summed E-state index contributed by atoms with van der Waals surface area (Å²) in [4.78, 5) is 0. The molecule has 0 aliphatic heterocycles. The molecule has 12 heavy (non-hydrogen) atoms. The Labute approximate surface area is 75.5 Å². The van der Waals surface area contributed by atoms with E-state index in [0.29, 0.717) is 5.92 Å². The van der Waals surface area contributed by atoms with Crippen molar-refractivity contribution in [2.24, 2.45) is 11.3 Å². The summed E-state index contributed by atoms with van der Waals surface area (Å²) in [6.45, 7) is 10.7. The first kappa shape index (κ1) is 9.79. The summed E-state index contributed by atoms with van der Waals surface area (Å²) in [6, 6.07) is 0. The SMILES string of the molecule is C=C1CC[C@H](O)[C@@H](C)CC1(C)C. The van der Waals surface area contributed by atoms with Crippen LogP contribution < -0.4 is 0 Å². The van der Waals surface area contributed by atoms with E-state index in [-0.39, 0.29) is 11.5 Å². The number of aliphatic hydroxyl groups is 1. The highest BCUT2D eigenvalue weighted by molar-refractivity contribution is 5.09. The quantitative estimate of drug-likeness (QED) is 0.435. The first-order chi connectivity index (χ1) is 5.43. The van der Waals surface area contributed by atoms with Crippen LogP contribution in [0.3, 0.4) is 0 Å². The van der Waals surface area contributed by atoms with Crippen LogP contribution in [-0.4, -0.2) is 11.2 Å². The minimum atomic E-state index is -0.122. The molecule has 0 amide bonds. The number of rotatable bonds is 0. The molecule has 1 aliphatic rings. The third-order valence-corrected chi connectivity index (χ3v) is 3.19.